The molecule has 2 aromatic carbocycles. The molecule has 22 nitrogen and oxygen atoms in total. The zero-order valence-corrected chi connectivity index (χ0v) is 45.9. The van der Waals surface area contributed by atoms with E-state index in [-0.39, 0.29) is 22.0 Å². The standard InChI is InChI=1S/C22H30N6O4S.C17H19N3O3S.C10H16N6S/c1-5-7-17-19-20(27(4)25-17)22(29)24-21(23-19)16-14-15(8-9-18(16)32-6-2)33(30,31)28-12-10-26(3)11-13-28;1-10-8-18-15(11(2)16(10)23-4)9-24(21)17-19-13-6-5-12(22-3)7-14(13)20-17;1-8-9(16-7-15-8)5-17-4-3-13-10(12-2)14-6-11/h8-9,14H,5-7,10-13H2,1-4H3,(H,23,24,29);5-8H,9H2,1-4H3,(H,19,20);7H,3-5H2,1-2H3,(H,15,16)(H2,12,13,14). The van der Waals surface area contributed by atoms with Crippen LogP contribution in [0.25, 0.3) is 33.5 Å². The number of aliphatic imine (C=N–C) groups is 1. The molecule has 1 saturated heterocycles. The number of nitrogens with zero attached hydrogens (tertiary/aromatic N) is 10. The molecule has 7 aromatic rings. The average molecular weight is 1070 g/mol. The SMILES string of the molecule is CCCc1nn(C)c2c(=O)[nH]c(-c3cc(S(=O)(=O)N4CCN(C)CC4)ccc3OCC)nc12.CN/C(=N/C#N)NCCSCc1nc[nH]c1C.COc1ccc2[nH]c([S+]([O-])Cc3ncc(C)c(OC)c3C)nc2c1. The Kier molecular flexibility index (Phi) is 20.3. The van der Waals surface area contributed by atoms with Gasteiger partial charge in [-0.1, -0.05) is 13.3 Å². The van der Waals surface area contributed by atoms with Crippen molar-refractivity contribution in [3.8, 4) is 34.8 Å². The van der Waals surface area contributed by atoms with Gasteiger partial charge in [0.1, 0.15) is 28.6 Å². The van der Waals surface area contributed by atoms with E-state index in [0.717, 1.165) is 75.2 Å². The molecule has 1 unspecified atom stereocenters. The fraction of sp³-hybridized carbons (Fsp3) is 0.429. The van der Waals surface area contributed by atoms with Gasteiger partial charge in [-0.05, 0) is 71.5 Å². The maximum absolute atomic E-state index is 13.3. The third-order valence-electron chi connectivity index (χ3n) is 11.9. The number of hydrogen-bond acceptors (Lipinski definition) is 16. The normalized spacial score (nSPS) is 13.6. The van der Waals surface area contributed by atoms with Crippen LogP contribution < -0.4 is 30.4 Å². The number of aromatic amines is 3. The second-order valence-electron chi connectivity index (χ2n) is 17.0. The molecule has 74 heavy (non-hydrogen) atoms. The summed E-state index contributed by atoms with van der Waals surface area (Å²) in [5, 5.41) is 19.1. The minimum Gasteiger partial charge on any atom is -0.609 e. The van der Waals surface area contributed by atoms with E-state index in [1.807, 2.05) is 59.9 Å². The average Bonchev–Trinajstić information content (AvgIpc) is 4.11. The minimum atomic E-state index is -3.70. The molecule has 0 saturated carbocycles. The van der Waals surface area contributed by atoms with Gasteiger partial charge < -0.3 is 44.3 Å². The number of fused-ring (bicyclic) bond motifs is 2. The van der Waals surface area contributed by atoms with Crippen molar-refractivity contribution in [1.29, 1.82) is 5.26 Å². The number of aromatic nitrogens is 9. The lowest BCUT2D eigenvalue weighted by Crippen LogP contribution is -2.47. The van der Waals surface area contributed by atoms with E-state index in [2.05, 4.69) is 55.5 Å². The van der Waals surface area contributed by atoms with Crippen molar-refractivity contribution in [1.82, 2.24) is 64.5 Å². The summed E-state index contributed by atoms with van der Waals surface area (Å²) in [7, 11) is 4.95. The monoisotopic (exact) mass is 1070 g/mol. The van der Waals surface area contributed by atoms with E-state index in [9.17, 15) is 17.8 Å². The fourth-order valence-corrected chi connectivity index (χ4v) is 11.3. The number of aryl methyl sites for hydroxylation is 4. The van der Waals surface area contributed by atoms with Crippen LogP contribution >= 0.6 is 11.8 Å². The number of ether oxygens (including phenoxy) is 3. The van der Waals surface area contributed by atoms with Crippen LogP contribution in [0.2, 0.25) is 0 Å². The Morgan fingerprint density at radius 1 is 1.00 bits per heavy atom. The van der Waals surface area contributed by atoms with E-state index < -0.39 is 21.2 Å². The van der Waals surface area contributed by atoms with Crippen molar-refractivity contribution in [2.45, 2.75) is 69.0 Å². The van der Waals surface area contributed by atoms with Gasteiger partial charge in [-0.3, -0.25) is 19.4 Å². The number of H-pyrrole nitrogens is 3. The Bertz CT molecular complexity index is 3250. The minimum absolute atomic E-state index is 0.147. The molecule has 0 aliphatic carbocycles. The molecule has 1 atom stereocenters. The Morgan fingerprint density at radius 2 is 1.77 bits per heavy atom. The van der Waals surface area contributed by atoms with Gasteiger partial charge >= 0.3 is 5.16 Å². The highest BCUT2D eigenvalue weighted by Crippen LogP contribution is 2.33. The summed E-state index contributed by atoms with van der Waals surface area (Å²) >= 11 is 0.457. The lowest BCUT2D eigenvalue weighted by molar-refractivity contribution is 0.222. The van der Waals surface area contributed by atoms with Gasteiger partial charge in [0, 0.05) is 98.6 Å². The highest BCUT2D eigenvalue weighted by molar-refractivity contribution is 7.98. The molecule has 6 heterocycles. The van der Waals surface area contributed by atoms with Gasteiger partial charge in [-0.15, -0.1) is 4.99 Å². The summed E-state index contributed by atoms with van der Waals surface area (Å²) in [6.45, 7) is 13.1. The first kappa shape index (κ1) is 56.6. The summed E-state index contributed by atoms with van der Waals surface area (Å²) in [5.41, 5.74) is 8.12. The van der Waals surface area contributed by atoms with Crippen LogP contribution in [0, 0.1) is 32.2 Å². The number of piperazine rings is 1. The number of benzene rings is 2. The van der Waals surface area contributed by atoms with Gasteiger partial charge in [0.25, 0.3) is 5.56 Å². The summed E-state index contributed by atoms with van der Waals surface area (Å²) in [6, 6.07) is 10.2. The van der Waals surface area contributed by atoms with E-state index >= 15 is 0 Å². The molecule has 5 aromatic heterocycles. The first-order valence-corrected chi connectivity index (χ1v) is 27.8. The van der Waals surface area contributed by atoms with Crippen molar-refractivity contribution in [2.24, 2.45) is 12.0 Å². The third-order valence-corrected chi connectivity index (χ3v) is 15.9. The van der Waals surface area contributed by atoms with E-state index in [1.165, 1.54) is 8.99 Å². The number of methoxy groups -OCH3 is 2. The molecule has 25 heteroatoms. The number of imidazole rings is 2. The molecule has 0 spiro atoms. The Balaban J connectivity index is 0.000000191. The molecular weight excluding hydrogens is 1010 g/mol. The topological polar surface area (TPSA) is 285 Å². The summed E-state index contributed by atoms with van der Waals surface area (Å²) in [4.78, 5) is 45.4. The van der Waals surface area contributed by atoms with Crippen molar-refractivity contribution < 1.29 is 27.2 Å². The van der Waals surface area contributed by atoms with Crippen LogP contribution in [-0.2, 0) is 46.2 Å². The van der Waals surface area contributed by atoms with Crippen LogP contribution in [0.1, 0.15) is 54.2 Å². The van der Waals surface area contributed by atoms with Gasteiger partial charge in [0.05, 0.1) is 65.7 Å². The number of nitriles is 1. The maximum Gasteiger partial charge on any atom is 0.322 e. The van der Waals surface area contributed by atoms with Gasteiger partial charge in [0.2, 0.25) is 22.2 Å². The summed E-state index contributed by atoms with van der Waals surface area (Å²) in [5.74, 6) is 4.82. The third kappa shape index (κ3) is 13.9. The van der Waals surface area contributed by atoms with Crippen LogP contribution in [0.4, 0.5) is 0 Å². The molecule has 0 radical (unpaired) electrons. The number of rotatable bonds is 17. The number of hydrogen-bond donors (Lipinski definition) is 5. The van der Waals surface area contributed by atoms with Crippen LogP contribution in [0.3, 0.4) is 0 Å². The highest BCUT2D eigenvalue weighted by atomic mass is 32.2. The number of thioether (sulfide) groups is 1. The smallest absolute Gasteiger partial charge is 0.322 e. The summed E-state index contributed by atoms with van der Waals surface area (Å²) in [6.07, 6.45) is 6.72. The molecule has 1 aliphatic heterocycles. The maximum atomic E-state index is 13.3. The second kappa shape index (κ2) is 26.5. The number of guanidine groups is 1. The van der Waals surface area contributed by atoms with Crippen molar-refractivity contribution >= 4 is 61.0 Å². The first-order chi connectivity index (χ1) is 35.6. The van der Waals surface area contributed by atoms with E-state index in [1.54, 1.807) is 77.0 Å². The lowest BCUT2D eigenvalue weighted by atomic mass is 10.1. The molecule has 396 valence electrons. The molecule has 0 bridgehead atoms. The number of nitrogens with one attached hydrogen (secondary N) is 5. The Morgan fingerprint density at radius 3 is 2.43 bits per heavy atom. The predicted octanol–water partition coefficient (Wildman–Crippen LogP) is 5.11. The van der Waals surface area contributed by atoms with Crippen LogP contribution in [0.5, 0.6) is 17.2 Å². The van der Waals surface area contributed by atoms with Crippen molar-refractivity contribution in [3.63, 3.8) is 0 Å². The van der Waals surface area contributed by atoms with E-state index in [0.29, 0.717) is 78.4 Å². The molecule has 1 aliphatic rings. The van der Waals surface area contributed by atoms with Crippen LogP contribution in [-0.4, -0.2) is 146 Å². The van der Waals surface area contributed by atoms with Crippen molar-refractivity contribution in [3.05, 3.63) is 93.2 Å². The Labute approximate surface area is 438 Å². The summed E-state index contributed by atoms with van der Waals surface area (Å²) < 4.78 is 58.7. The zero-order chi connectivity index (χ0) is 53.5. The number of sulfonamides is 1. The van der Waals surface area contributed by atoms with Gasteiger partial charge in [-0.25, -0.2) is 18.4 Å². The molecular formula is C49H65N15O7S3. The molecule has 0 amide bonds. The first-order valence-electron chi connectivity index (χ1n) is 23.8. The second-order valence-corrected chi connectivity index (χ2v) is 21.4. The quantitative estimate of drug-likeness (QED) is 0.0260. The lowest BCUT2D eigenvalue weighted by Gasteiger charge is -2.31. The van der Waals surface area contributed by atoms with Crippen LogP contribution in [0.15, 0.2) is 68.8 Å². The zero-order valence-electron chi connectivity index (χ0n) is 43.5. The van der Waals surface area contributed by atoms with Crippen molar-refractivity contribution in [2.75, 3.05) is 73.4 Å². The van der Waals surface area contributed by atoms with E-state index in [4.69, 9.17) is 24.5 Å². The fourth-order valence-electron chi connectivity index (χ4n) is 7.88. The largest absolute Gasteiger partial charge is 0.609 e. The van der Waals surface area contributed by atoms with Gasteiger partial charge in [0.15, 0.2) is 11.3 Å². The highest BCUT2D eigenvalue weighted by Gasteiger charge is 2.29. The predicted molar refractivity (Wildman–Crippen MR) is 289 cm³/mol. The molecule has 1 fully saturated rings. The Hall–Kier alpha value is -6.69. The number of likely N-dealkylation sites (N-methyl/N-ethyl adjacent to an activating group) is 1. The molecule has 5 N–H and O–H groups in total. The molecule has 8 rings (SSSR count). The number of pyridine rings is 1. The van der Waals surface area contributed by atoms with Gasteiger partial charge in [-0.2, -0.15) is 31.4 Å².